The van der Waals surface area contributed by atoms with Crippen LogP contribution in [0.5, 0.6) is 0 Å². The highest BCUT2D eigenvalue weighted by atomic mass is 31.2. The van der Waals surface area contributed by atoms with Crippen LogP contribution in [0.1, 0.15) is 0 Å². The predicted molar refractivity (Wildman–Crippen MR) is 48.1 cm³/mol. The van der Waals surface area contributed by atoms with Crippen LogP contribution >= 0.6 is 7.82 Å². The Hall–Kier alpha value is -0.380. The predicted octanol–water partition coefficient (Wildman–Crippen LogP) is -3.26. The SMILES string of the molecule is O=C[C@H](OP(=O)(O)O)[C@@H](O)[C@@H](O)[C@H](O)CO. The molecule has 0 aliphatic rings. The third kappa shape index (κ3) is 5.10. The zero-order valence-electron chi connectivity index (χ0n) is 7.95. The van der Waals surface area contributed by atoms with Gasteiger partial charge in [0.05, 0.1) is 6.61 Å². The van der Waals surface area contributed by atoms with Gasteiger partial charge in [-0.05, 0) is 0 Å². The molecule has 0 saturated carbocycles. The highest BCUT2D eigenvalue weighted by molar-refractivity contribution is 7.46. The number of carbonyl (C=O) groups excluding carboxylic acids is 1. The zero-order valence-corrected chi connectivity index (χ0v) is 8.84. The van der Waals surface area contributed by atoms with E-state index in [1.165, 1.54) is 0 Å². The Kier molecular flexibility index (Phi) is 6.23. The van der Waals surface area contributed by atoms with Crippen LogP contribution in [0, 0.1) is 0 Å². The van der Waals surface area contributed by atoms with E-state index in [9.17, 15) is 14.5 Å². The summed E-state index contributed by atoms with van der Waals surface area (Å²) in [5.74, 6) is 0. The number of hydrogen-bond acceptors (Lipinski definition) is 7. The Morgan fingerprint density at radius 3 is 2.00 bits per heavy atom. The normalized spacial score (nSPS) is 19.9. The van der Waals surface area contributed by atoms with Gasteiger partial charge in [-0.3, -0.25) is 4.52 Å². The molecule has 0 aromatic heterocycles. The van der Waals surface area contributed by atoms with Crippen LogP contribution in [0.15, 0.2) is 0 Å². The summed E-state index contributed by atoms with van der Waals surface area (Å²) in [6.07, 6.45) is -7.98. The van der Waals surface area contributed by atoms with Gasteiger partial charge in [0, 0.05) is 0 Å². The van der Waals surface area contributed by atoms with Gasteiger partial charge in [0.25, 0.3) is 0 Å². The summed E-state index contributed by atoms with van der Waals surface area (Å²) in [4.78, 5) is 27.1. The van der Waals surface area contributed by atoms with Crippen molar-refractivity contribution in [2.45, 2.75) is 24.4 Å². The van der Waals surface area contributed by atoms with E-state index in [1.54, 1.807) is 0 Å². The van der Waals surface area contributed by atoms with E-state index in [0.717, 1.165) is 0 Å². The molecule has 0 aromatic rings. The third-order valence-corrected chi connectivity index (χ3v) is 2.18. The molecule has 6 N–H and O–H groups in total. The largest absolute Gasteiger partial charge is 0.470 e. The average molecular weight is 260 g/mol. The number of phosphoric acid groups is 1. The molecule has 96 valence electrons. The molecule has 10 heteroatoms. The molecule has 0 aliphatic heterocycles. The number of carbonyl (C=O) groups is 1. The molecule has 4 atom stereocenters. The number of phosphoric ester groups is 1. The maximum absolute atomic E-state index is 10.4. The molecule has 0 radical (unpaired) electrons. The minimum absolute atomic E-state index is 0.142. The van der Waals surface area contributed by atoms with E-state index < -0.39 is 38.8 Å². The standard InChI is InChI=1S/C6H13O9P/c7-1-3(9)5(10)6(11)4(2-8)15-16(12,13)14/h2-7,9-11H,1H2,(H2,12,13,14)/t3-,4+,5+,6-/m1/s1. The number of hydrogen-bond donors (Lipinski definition) is 6. The molecule has 0 aliphatic carbocycles. The van der Waals surface area contributed by atoms with Crippen molar-refractivity contribution in [3.8, 4) is 0 Å². The average Bonchev–Trinajstić information content (AvgIpc) is 2.21. The summed E-state index contributed by atoms with van der Waals surface area (Å²) in [5.41, 5.74) is 0. The summed E-state index contributed by atoms with van der Waals surface area (Å²) < 4.78 is 14.2. The molecule has 0 saturated heterocycles. The van der Waals surface area contributed by atoms with Gasteiger partial charge in [0.2, 0.25) is 0 Å². The molecule has 0 spiro atoms. The van der Waals surface area contributed by atoms with E-state index >= 15 is 0 Å². The highest BCUT2D eigenvalue weighted by Gasteiger charge is 2.35. The first-order valence-corrected chi connectivity index (χ1v) is 5.60. The van der Waals surface area contributed by atoms with Crippen LogP contribution in [0.4, 0.5) is 0 Å². The quantitative estimate of drug-likeness (QED) is 0.203. The molecular formula is C6H13O9P. The van der Waals surface area contributed by atoms with Crippen LogP contribution in [0.2, 0.25) is 0 Å². The number of rotatable bonds is 7. The van der Waals surface area contributed by atoms with E-state index in [1.807, 2.05) is 0 Å². The summed E-state index contributed by atoms with van der Waals surface area (Å²) in [6, 6.07) is 0. The Bertz CT molecular complexity index is 263. The van der Waals surface area contributed by atoms with Gasteiger partial charge in [-0.1, -0.05) is 0 Å². The lowest BCUT2D eigenvalue weighted by Crippen LogP contribution is -2.47. The minimum atomic E-state index is -5.02. The smallest absolute Gasteiger partial charge is 0.394 e. The first kappa shape index (κ1) is 15.6. The lowest BCUT2D eigenvalue weighted by molar-refractivity contribution is -0.135. The molecule has 0 unspecified atom stereocenters. The van der Waals surface area contributed by atoms with Crippen LogP contribution < -0.4 is 0 Å². The summed E-state index contributed by atoms with van der Waals surface area (Å²) in [5, 5.41) is 35.7. The topological polar surface area (TPSA) is 165 Å². The van der Waals surface area contributed by atoms with Crippen LogP contribution in [0.25, 0.3) is 0 Å². The van der Waals surface area contributed by atoms with Crippen molar-refractivity contribution in [3.05, 3.63) is 0 Å². The van der Waals surface area contributed by atoms with Crippen molar-refractivity contribution >= 4 is 14.1 Å². The molecule has 16 heavy (non-hydrogen) atoms. The fourth-order valence-corrected chi connectivity index (χ4v) is 1.35. The summed E-state index contributed by atoms with van der Waals surface area (Å²) in [7, 11) is -5.02. The number of aldehydes is 1. The van der Waals surface area contributed by atoms with Gasteiger partial charge in [0.1, 0.15) is 18.3 Å². The Balaban J connectivity index is 4.59. The second kappa shape index (κ2) is 6.38. The van der Waals surface area contributed by atoms with Gasteiger partial charge in [-0.15, -0.1) is 0 Å². The fourth-order valence-electron chi connectivity index (χ4n) is 0.856. The maximum atomic E-state index is 10.4. The Morgan fingerprint density at radius 2 is 1.69 bits per heavy atom. The maximum Gasteiger partial charge on any atom is 0.470 e. The molecule has 0 heterocycles. The van der Waals surface area contributed by atoms with E-state index in [0.29, 0.717) is 0 Å². The third-order valence-electron chi connectivity index (χ3n) is 1.66. The molecule has 0 bridgehead atoms. The minimum Gasteiger partial charge on any atom is -0.394 e. The van der Waals surface area contributed by atoms with Crippen molar-refractivity contribution in [1.29, 1.82) is 0 Å². The van der Waals surface area contributed by atoms with E-state index in [-0.39, 0.29) is 6.29 Å². The van der Waals surface area contributed by atoms with Crippen molar-refractivity contribution in [1.82, 2.24) is 0 Å². The first-order chi connectivity index (χ1) is 7.22. The second-order valence-corrected chi connectivity index (χ2v) is 4.12. The first-order valence-electron chi connectivity index (χ1n) is 4.07. The highest BCUT2D eigenvalue weighted by Crippen LogP contribution is 2.38. The Labute approximate surface area is 90.2 Å². The number of aliphatic hydroxyl groups is 4. The number of aliphatic hydroxyl groups excluding tert-OH is 4. The summed E-state index contributed by atoms with van der Waals surface area (Å²) in [6.45, 7) is -0.903. The fraction of sp³-hybridized carbons (Fsp3) is 0.833. The van der Waals surface area contributed by atoms with Crippen molar-refractivity contribution in [2.75, 3.05) is 6.61 Å². The lowest BCUT2D eigenvalue weighted by atomic mass is 10.0. The molecular weight excluding hydrogens is 247 g/mol. The van der Waals surface area contributed by atoms with Gasteiger partial charge in [0.15, 0.2) is 12.4 Å². The zero-order chi connectivity index (χ0) is 12.9. The molecule has 9 nitrogen and oxygen atoms in total. The van der Waals surface area contributed by atoms with Crippen LogP contribution in [0.3, 0.4) is 0 Å². The van der Waals surface area contributed by atoms with Crippen molar-refractivity contribution in [3.63, 3.8) is 0 Å². The van der Waals surface area contributed by atoms with Crippen LogP contribution in [-0.2, 0) is 13.9 Å². The van der Waals surface area contributed by atoms with Gasteiger partial charge in [-0.25, -0.2) is 4.57 Å². The Morgan fingerprint density at radius 1 is 1.19 bits per heavy atom. The second-order valence-electron chi connectivity index (χ2n) is 2.93. The van der Waals surface area contributed by atoms with Crippen molar-refractivity contribution < 1.29 is 44.1 Å². The molecule has 0 aromatic carbocycles. The molecule has 0 rings (SSSR count). The summed E-state index contributed by atoms with van der Waals surface area (Å²) >= 11 is 0. The van der Waals surface area contributed by atoms with Gasteiger partial charge < -0.3 is 35.0 Å². The van der Waals surface area contributed by atoms with Crippen LogP contribution in [-0.4, -0.2) is 67.5 Å². The van der Waals surface area contributed by atoms with E-state index in [4.69, 9.17) is 25.1 Å². The lowest BCUT2D eigenvalue weighted by Gasteiger charge is -2.25. The monoisotopic (exact) mass is 260 g/mol. The molecule has 0 amide bonds. The van der Waals surface area contributed by atoms with Crippen molar-refractivity contribution in [2.24, 2.45) is 0 Å². The molecule has 0 fully saturated rings. The van der Waals surface area contributed by atoms with Gasteiger partial charge >= 0.3 is 7.82 Å². The van der Waals surface area contributed by atoms with E-state index in [2.05, 4.69) is 4.52 Å². The van der Waals surface area contributed by atoms with Gasteiger partial charge in [-0.2, -0.15) is 0 Å².